The lowest BCUT2D eigenvalue weighted by atomic mass is 10.0. The maximum absolute atomic E-state index is 5.71. The van der Waals surface area contributed by atoms with Crippen molar-refractivity contribution in [3.63, 3.8) is 0 Å². The molecule has 2 aliphatic rings. The summed E-state index contributed by atoms with van der Waals surface area (Å²) in [5.41, 5.74) is 4.26. The largest absolute Gasteiger partial charge is 0.376 e. The summed E-state index contributed by atoms with van der Waals surface area (Å²) in [7, 11) is 0. The van der Waals surface area contributed by atoms with Gasteiger partial charge >= 0.3 is 0 Å². The van der Waals surface area contributed by atoms with E-state index in [9.17, 15) is 0 Å². The highest BCUT2D eigenvalue weighted by atomic mass is 16.5. The molecule has 0 bridgehead atoms. The molecule has 2 fully saturated rings. The SMILES string of the molecule is Cc1cc(N2CCCC2)ccc1/C(C=NCC1CCCCO1)=N/N. The molecule has 24 heavy (non-hydrogen) atoms. The Morgan fingerprint density at radius 3 is 2.79 bits per heavy atom. The van der Waals surface area contributed by atoms with E-state index in [1.54, 1.807) is 6.21 Å². The van der Waals surface area contributed by atoms with Crippen LogP contribution in [0.3, 0.4) is 0 Å². The molecular weight excluding hydrogens is 300 g/mol. The lowest BCUT2D eigenvalue weighted by Gasteiger charge is -2.20. The van der Waals surface area contributed by atoms with Gasteiger partial charge in [0.1, 0.15) is 5.71 Å². The molecule has 2 saturated heterocycles. The molecule has 130 valence electrons. The predicted octanol–water partition coefficient (Wildman–Crippen LogP) is 2.90. The average Bonchev–Trinajstić information content (AvgIpc) is 3.15. The van der Waals surface area contributed by atoms with E-state index in [-0.39, 0.29) is 6.10 Å². The van der Waals surface area contributed by atoms with Crippen LogP contribution < -0.4 is 10.7 Å². The Morgan fingerprint density at radius 1 is 1.29 bits per heavy atom. The molecule has 0 spiro atoms. The first-order valence-corrected chi connectivity index (χ1v) is 9.03. The Bertz CT molecular complexity index is 599. The van der Waals surface area contributed by atoms with Crippen molar-refractivity contribution in [3.05, 3.63) is 29.3 Å². The number of aryl methyl sites for hydroxylation is 1. The summed E-state index contributed by atoms with van der Waals surface area (Å²) < 4.78 is 5.71. The fraction of sp³-hybridized carbons (Fsp3) is 0.579. The molecule has 0 aliphatic carbocycles. The molecule has 0 saturated carbocycles. The minimum absolute atomic E-state index is 0.243. The Labute approximate surface area is 144 Å². The molecule has 1 aromatic carbocycles. The van der Waals surface area contributed by atoms with Gasteiger partial charge in [0.25, 0.3) is 0 Å². The molecule has 1 atom stereocenters. The van der Waals surface area contributed by atoms with Crippen LogP contribution in [0.25, 0.3) is 0 Å². The molecule has 2 aliphatic heterocycles. The van der Waals surface area contributed by atoms with Gasteiger partial charge in [0.05, 0.1) is 12.6 Å². The number of nitrogens with two attached hydrogens (primary N) is 1. The second-order valence-electron chi connectivity index (χ2n) is 6.69. The van der Waals surface area contributed by atoms with Crippen LogP contribution in [0.1, 0.15) is 43.2 Å². The van der Waals surface area contributed by atoms with Crippen molar-refractivity contribution in [2.24, 2.45) is 15.9 Å². The zero-order valence-electron chi connectivity index (χ0n) is 14.6. The van der Waals surface area contributed by atoms with Crippen LogP contribution in [0.15, 0.2) is 28.3 Å². The molecular formula is C19H28N4O. The van der Waals surface area contributed by atoms with Crippen molar-refractivity contribution >= 4 is 17.6 Å². The lowest BCUT2D eigenvalue weighted by Crippen LogP contribution is -2.22. The van der Waals surface area contributed by atoms with Crippen LogP contribution in [-0.2, 0) is 4.74 Å². The number of hydrazone groups is 1. The number of benzene rings is 1. The first-order valence-electron chi connectivity index (χ1n) is 9.03. The van der Waals surface area contributed by atoms with Crippen LogP contribution in [0.2, 0.25) is 0 Å². The Kier molecular flexibility index (Phi) is 5.86. The van der Waals surface area contributed by atoms with Gasteiger partial charge in [-0.05, 0) is 56.7 Å². The van der Waals surface area contributed by atoms with Crippen molar-refractivity contribution in [2.45, 2.75) is 45.1 Å². The van der Waals surface area contributed by atoms with Crippen molar-refractivity contribution in [1.82, 2.24) is 0 Å². The zero-order chi connectivity index (χ0) is 16.8. The monoisotopic (exact) mass is 328 g/mol. The topological polar surface area (TPSA) is 63.2 Å². The summed E-state index contributed by atoms with van der Waals surface area (Å²) in [6, 6.07) is 6.50. The average molecular weight is 328 g/mol. The minimum Gasteiger partial charge on any atom is -0.376 e. The third-order valence-electron chi connectivity index (χ3n) is 4.89. The molecule has 5 heteroatoms. The summed E-state index contributed by atoms with van der Waals surface area (Å²) in [6.07, 6.45) is 8.09. The van der Waals surface area contributed by atoms with Gasteiger partial charge in [0, 0.05) is 37.2 Å². The van der Waals surface area contributed by atoms with Gasteiger partial charge in [0.2, 0.25) is 0 Å². The highest BCUT2D eigenvalue weighted by molar-refractivity contribution is 6.38. The number of ether oxygens (including phenoxy) is 1. The van der Waals surface area contributed by atoms with Crippen molar-refractivity contribution in [2.75, 3.05) is 31.1 Å². The predicted molar refractivity (Wildman–Crippen MR) is 100 cm³/mol. The van der Waals surface area contributed by atoms with E-state index < -0.39 is 0 Å². The third kappa shape index (κ3) is 4.15. The van der Waals surface area contributed by atoms with E-state index in [0.717, 1.165) is 43.8 Å². The highest BCUT2D eigenvalue weighted by Crippen LogP contribution is 2.23. The molecule has 3 rings (SSSR count). The van der Waals surface area contributed by atoms with E-state index in [1.807, 2.05) is 0 Å². The summed E-state index contributed by atoms with van der Waals surface area (Å²) in [5, 5.41) is 3.94. The fourth-order valence-corrected chi connectivity index (χ4v) is 3.49. The van der Waals surface area contributed by atoms with E-state index in [4.69, 9.17) is 10.6 Å². The van der Waals surface area contributed by atoms with Crippen molar-refractivity contribution in [1.29, 1.82) is 0 Å². The number of hydrogen-bond donors (Lipinski definition) is 1. The van der Waals surface area contributed by atoms with Gasteiger partial charge in [-0.3, -0.25) is 4.99 Å². The number of nitrogens with zero attached hydrogens (tertiary/aromatic N) is 3. The zero-order valence-corrected chi connectivity index (χ0v) is 14.6. The van der Waals surface area contributed by atoms with Crippen molar-refractivity contribution in [3.8, 4) is 0 Å². The summed E-state index contributed by atoms with van der Waals surface area (Å²) in [5.74, 6) is 5.61. The maximum Gasteiger partial charge on any atom is 0.108 e. The smallest absolute Gasteiger partial charge is 0.108 e. The van der Waals surface area contributed by atoms with Crippen LogP contribution >= 0.6 is 0 Å². The minimum atomic E-state index is 0.243. The fourth-order valence-electron chi connectivity index (χ4n) is 3.49. The Morgan fingerprint density at radius 2 is 2.12 bits per heavy atom. The van der Waals surface area contributed by atoms with Gasteiger partial charge in [-0.25, -0.2) is 0 Å². The lowest BCUT2D eigenvalue weighted by molar-refractivity contribution is 0.0226. The molecule has 1 aromatic rings. The summed E-state index contributed by atoms with van der Waals surface area (Å²) in [4.78, 5) is 6.95. The molecule has 0 amide bonds. The van der Waals surface area contributed by atoms with Crippen LogP contribution in [0, 0.1) is 6.92 Å². The van der Waals surface area contributed by atoms with Gasteiger partial charge in [-0.15, -0.1) is 0 Å². The summed E-state index contributed by atoms with van der Waals surface area (Å²) >= 11 is 0. The Hall–Kier alpha value is -1.88. The molecule has 2 heterocycles. The van der Waals surface area contributed by atoms with E-state index in [2.05, 4.69) is 40.1 Å². The second-order valence-corrected chi connectivity index (χ2v) is 6.69. The number of anilines is 1. The van der Waals surface area contributed by atoms with E-state index >= 15 is 0 Å². The van der Waals surface area contributed by atoms with E-state index in [0.29, 0.717) is 6.54 Å². The molecule has 1 unspecified atom stereocenters. The molecule has 2 N–H and O–H groups in total. The quantitative estimate of drug-likeness (QED) is 0.513. The first-order chi connectivity index (χ1) is 11.8. The summed E-state index contributed by atoms with van der Waals surface area (Å²) in [6.45, 7) is 5.95. The van der Waals surface area contributed by atoms with Gasteiger partial charge in [0.15, 0.2) is 0 Å². The number of hydrogen-bond acceptors (Lipinski definition) is 5. The van der Waals surface area contributed by atoms with Gasteiger partial charge in [-0.2, -0.15) is 5.10 Å². The van der Waals surface area contributed by atoms with Crippen molar-refractivity contribution < 1.29 is 4.74 Å². The first kappa shape index (κ1) is 17.0. The maximum atomic E-state index is 5.71. The molecule has 0 aromatic heterocycles. The van der Waals surface area contributed by atoms with Crippen LogP contribution in [0.4, 0.5) is 5.69 Å². The van der Waals surface area contributed by atoms with Gasteiger partial charge < -0.3 is 15.5 Å². The Balaban J connectivity index is 1.66. The number of rotatable bonds is 5. The van der Waals surface area contributed by atoms with Crippen LogP contribution in [-0.4, -0.2) is 44.3 Å². The standard InChI is InChI=1S/C19H28N4O/c1-15-12-16(23-9-3-4-10-23)7-8-18(15)19(22-20)14-21-13-17-6-2-5-11-24-17/h7-8,12,14,17H,2-6,9-11,13,20H2,1H3/b21-14?,22-19+. The molecule has 0 radical (unpaired) electrons. The molecule has 5 nitrogen and oxygen atoms in total. The van der Waals surface area contributed by atoms with Crippen LogP contribution in [0.5, 0.6) is 0 Å². The number of aliphatic imine (C=N–C) groups is 1. The third-order valence-corrected chi connectivity index (χ3v) is 4.89. The normalized spacial score (nSPS) is 22.5. The van der Waals surface area contributed by atoms with Gasteiger partial charge in [-0.1, -0.05) is 6.07 Å². The van der Waals surface area contributed by atoms with E-state index in [1.165, 1.54) is 30.5 Å². The highest BCUT2D eigenvalue weighted by Gasteiger charge is 2.15. The second kappa shape index (κ2) is 8.29.